The average Bonchev–Trinajstić information content (AvgIpc) is 2.42. The minimum absolute atomic E-state index is 0.0624. The van der Waals surface area contributed by atoms with Crippen molar-refractivity contribution < 1.29 is 4.79 Å². The maximum atomic E-state index is 12.1. The molecule has 4 nitrogen and oxygen atoms in total. The van der Waals surface area contributed by atoms with Crippen molar-refractivity contribution in [3.63, 3.8) is 0 Å². The van der Waals surface area contributed by atoms with Crippen LogP contribution in [0.15, 0.2) is 0 Å². The van der Waals surface area contributed by atoms with Gasteiger partial charge in [-0.15, -0.1) is 0 Å². The summed E-state index contributed by atoms with van der Waals surface area (Å²) in [7, 11) is 0. The Morgan fingerprint density at radius 2 is 2.06 bits per heavy atom. The van der Waals surface area contributed by atoms with Gasteiger partial charge < -0.3 is 15.5 Å². The Hall–Kier alpha value is -0.610. The molecule has 0 aromatic heterocycles. The van der Waals surface area contributed by atoms with Crippen molar-refractivity contribution in [3.8, 4) is 0 Å². The zero-order valence-corrected chi connectivity index (χ0v) is 11.6. The molecule has 0 radical (unpaired) electrons. The molecular formula is C14H27N3O. The summed E-state index contributed by atoms with van der Waals surface area (Å²) < 4.78 is 0. The molecule has 0 aliphatic carbocycles. The van der Waals surface area contributed by atoms with E-state index in [0.29, 0.717) is 6.04 Å². The lowest BCUT2D eigenvalue weighted by atomic mass is 10.0. The van der Waals surface area contributed by atoms with Crippen molar-refractivity contribution in [2.45, 2.75) is 57.5 Å². The molecule has 104 valence electrons. The molecule has 0 aromatic carbocycles. The molecule has 0 spiro atoms. The van der Waals surface area contributed by atoms with E-state index in [2.05, 4.69) is 22.5 Å². The average molecular weight is 253 g/mol. The molecule has 0 bridgehead atoms. The highest BCUT2D eigenvalue weighted by Crippen LogP contribution is 2.12. The third-order valence-corrected chi connectivity index (χ3v) is 4.10. The third-order valence-electron chi connectivity index (χ3n) is 4.10. The summed E-state index contributed by atoms with van der Waals surface area (Å²) in [5.74, 6) is 0.226. The number of hydrogen-bond donors (Lipinski definition) is 2. The van der Waals surface area contributed by atoms with E-state index in [0.717, 1.165) is 38.9 Å². The number of nitrogens with one attached hydrogen (secondary N) is 2. The van der Waals surface area contributed by atoms with Crippen molar-refractivity contribution in [1.29, 1.82) is 0 Å². The molecule has 2 rings (SSSR count). The summed E-state index contributed by atoms with van der Waals surface area (Å²) in [6.45, 7) is 6.69. The number of rotatable bonds is 4. The molecule has 4 heteroatoms. The fourth-order valence-corrected chi connectivity index (χ4v) is 2.99. The van der Waals surface area contributed by atoms with E-state index in [1.807, 2.05) is 0 Å². The van der Waals surface area contributed by atoms with Gasteiger partial charge in [-0.2, -0.15) is 0 Å². The molecule has 2 heterocycles. The van der Waals surface area contributed by atoms with Gasteiger partial charge in [0.2, 0.25) is 5.91 Å². The first kappa shape index (κ1) is 13.8. The highest BCUT2D eigenvalue weighted by atomic mass is 16.2. The minimum atomic E-state index is 0.0624. The molecule has 18 heavy (non-hydrogen) atoms. The Balaban J connectivity index is 1.68. The van der Waals surface area contributed by atoms with Crippen LogP contribution in [0.25, 0.3) is 0 Å². The van der Waals surface area contributed by atoms with Gasteiger partial charge in [0.05, 0.1) is 6.04 Å². The molecule has 0 unspecified atom stereocenters. The van der Waals surface area contributed by atoms with Crippen molar-refractivity contribution in [2.24, 2.45) is 0 Å². The number of nitrogens with zero attached hydrogens (tertiary/aromatic N) is 1. The van der Waals surface area contributed by atoms with Crippen LogP contribution in [0, 0.1) is 0 Å². The van der Waals surface area contributed by atoms with Crippen LogP contribution in [0.5, 0.6) is 0 Å². The van der Waals surface area contributed by atoms with Crippen molar-refractivity contribution >= 4 is 5.91 Å². The van der Waals surface area contributed by atoms with Crippen LogP contribution >= 0.6 is 0 Å². The number of hydrogen-bond acceptors (Lipinski definition) is 3. The summed E-state index contributed by atoms with van der Waals surface area (Å²) in [5.41, 5.74) is 0. The molecule has 2 aliphatic rings. The van der Waals surface area contributed by atoms with Gasteiger partial charge >= 0.3 is 0 Å². The van der Waals surface area contributed by atoms with Gasteiger partial charge in [0, 0.05) is 19.1 Å². The van der Waals surface area contributed by atoms with E-state index in [4.69, 9.17) is 0 Å². The predicted molar refractivity (Wildman–Crippen MR) is 73.5 cm³/mol. The number of piperidine rings is 2. The van der Waals surface area contributed by atoms with Crippen molar-refractivity contribution in [3.05, 3.63) is 0 Å². The van der Waals surface area contributed by atoms with Crippen LogP contribution in [0.4, 0.5) is 0 Å². The minimum Gasteiger partial charge on any atom is -0.352 e. The number of carbonyl (C=O) groups is 1. The SMILES string of the molecule is CCCN1CCC(NC(=O)[C@@H]2CCCCN2)CC1. The topological polar surface area (TPSA) is 44.4 Å². The summed E-state index contributed by atoms with van der Waals surface area (Å²) in [6.07, 6.45) is 6.83. The van der Waals surface area contributed by atoms with Gasteiger partial charge in [-0.3, -0.25) is 4.79 Å². The Bertz CT molecular complexity index is 256. The van der Waals surface area contributed by atoms with E-state index >= 15 is 0 Å². The second-order valence-corrected chi connectivity index (χ2v) is 5.63. The summed E-state index contributed by atoms with van der Waals surface area (Å²) >= 11 is 0. The van der Waals surface area contributed by atoms with E-state index in [1.54, 1.807) is 0 Å². The summed E-state index contributed by atoms with van der Waals surface area (Å²) in [4.78, 5) is 14.6. The fraction of sp³-hybridized carbons (Fsp3) is 0.929. The van der Waals surface area contributed by atoms with Crippen LogP contribution in [-0.4, -0.2) is 49.1 Å². The van der Waals surface area contributed by atoms with Crippen LogP contribution < -0.4 is 10.6 Å². The van der Waals surface area contributed by atoms with Gasteiger partial charge in [0.15, 0.2) is 0 Å². The van der Waals surface area contributed by atoms with Gasteiger partial charge in [-0.1, -0.05) is 13.3 Å². The molecule has 2 saturated heterocycles. The molecule has 2 N–H and O–H groups in total. The fourth-order valence-electron chi connectivity index (χ4n) is 2.99. The lowest BCUT2D eigenvalue weighted by Gasteiger charge is -2.33. The lowest BCUT2D eigenvalue weighted by molar-refractivity contribution is -0.124. The maximum Gasteiger partial charge on any atom is 0.237 e. The van der Waals surface area contributed by atoms with E-state index in [1.165, 1.54) is 25.8 Å². The van der Waals surface area contributed by atoms with Gasteiger partial charge in [-0.25, -0.2) is 0 Å². The highest BCUT2D eigenvalue weighted by molar-refractivity contribution is 5.82. The third kappa shape index (κ3) is 3.95. The Morgan fingerprint density at radius 3 is 2.67 bits per heavy atom. The Kier molecular flexibility index (Phi) is 5.45. The first-order valence-corrected chi connectivity index (χ1v) is 7.55. The second-order valence-electron chi connectivity index (χ2n) is 5.63. The van der Waals surface area contributed by atoms with Gasteiger partial charge in [0.25, 0.3) is 0 Å². The van der Waals surface area contributed by atoms with Crippen LogP contribution in [0.1, 0.15) is 45.4 Å². The smallest absolute Gasteiger partial charge is 0.237 e. The quantitative estimate of drug-likeness (QED) is 0.789. The van der Waals surface area contributed by atoms with Crippen molar-refractivity contribution in [1.82, 2.24) is 15.5 Å². The molecule has 1 atom stereocenters. The summed E-state index contributed by atoms with van der Waals surface area (Å²) in [5, 5.41) is 6.54. The lowest BCUT2D eigenvalue weighted by Crippen LogP contribution is -2.52. The van der Waals surface area contributed by atoms with Crippen LogP contribution in [-0.2, 0) is 4.79 Å². The van der Waals surface area contributed by atoms with Crippen LogP contribution in [0.3, 0.4) is 0 Å². The largest absolute Gasteiger partial charge is 0.352 e. The van der Waals surface area contributed by atoms with Crippen molar-refractivity contribution in [2.75, 3.05) is 26.2 Å². The van der Waals surface area contributed by atoms with Crippen LogP contribution in [0.2, 0.25) is 0 Å². The normalized spacial score (nSPS) is 27.1. The molecule has 2 aliphatic heterocycles. The standard InChI is InChI=1S/C14H27N3O/c1-2-9-17-10-6-12(7-11-17)16-14(18)13-5-3-4-8-15-13/h12-13,15H,2-11H2,1H3,(H,16,18)/t13-/m0/s1. The Morgan fingerprint density at radius 1 is 1.28 bits per heavy atom. The molecular weight excluding hydrogens is 226 g/mol. The van der Waals surface area contributed by atoms with E-state index < -0.39 is 0 Å². The number of amides is 1. The molecule has 0 aromatic rings. The number of likely N-dealkylation sites (tertiary alicyclic amines) is 1. The second kappa shape index (κ2) is 7.10. The van der Waals surface area contributed by atoms with Gasteiger partial charge in [-0.05, 0) is 45.2 Å². The van der Waals surface area contributed by atoms with E-state index in [9.17, 15) is 4.79 Å². The monoisotopic (exact) mass is 253 g/mol. The van der Waals surface area contributed by atoms with Gasteiger partial charge in [0.1, 0.15) is 0 Å². The number of carbonyl (C=O) groups excluding carboxylic acids is 1. The predicted octanol–water partition coefficient (Wildman–Crippen LogP) is 1.12. The molecule has 0 saturated carbocycles. The first-order valence-electron chi connectivity index (χ1n) is 7.55. The van der Waals surface area contributed by atoms with E-state index in [-0.39, 0.29) is 11.9 Å². The zero-order chi connectivity index (χ0) is 12.8. The zero-order valence-electron chi connectivity index (χ0n) is 11.6. The summed E-state index contributed by atoms with van der Waals surface area (Å²) in [6, 6.07) is 0.460. The first-order chi connectivity index (χ1) is 8.79. The molecule has 1 amide bonds. The highest BCUT2D eigenvalue weighted by Gasteiger charge is 2.25. The maximum absolute atomic E-state index is 12.1. The molecule has 2 fully saturated rings. The Labute approximate surface area is 110 Å².